The Morgan fingerprint density at radius 3 is 2.52 bits per heavy atom. The van der Waals surface area contributed by atoms with Crippen molar-refractivity contribution in [3.63, 3.8) is 0 Å². The molecule has 0 unspecified atom stereocenters. The standard InChI is InChI=1S/C15H31N3O3S.HI/c1-3-16-15(18-11-13-22(2,19)20)17-10-7-12-21-14-8-5-4-6-9-14;/h14H,3-13H2,1-2H3,(H2,16,17,18);1H. The highest BCUT2D eigenvalue weighted by Gasteiger charge is 2.12. The first-order valence-corrected chi connectivity index (χ1v) is 10.4. The summed E-state index contributed by atoms with van der Waals surface area (Å²) in [5.41, 5.74) is 0. The van der Waals surface area contributed by atoms with E-state index in [1.165, 1.54) is 38.4 Å². The van der Waals surface area contributed by atoms with Gasteiger partial charge in [0, 0.05) is 32.5 Å². The number of hydrogen-bond acceptors (Lipinski definition) is 4. The van der Waals surface area contributed by atoms with Gasteiger partial charge in [0.05, 0.1) is 11.9 Å². The topological polar surface area (TPSA) is 79.8 Å². The number of rotatable bonds is 9. The van der Waals surface area contributed by atoms with Crippen LogP contribution in [0.4, 0.5) is 0 Å². The van der Waals surface area contributed by atoms with Gasteiger partial charge in [-0.2, -0.15) is 0 Å². The minimum atomic E-state index is -2.94. The van der Waals surface area contributed by atoms with Gasteiger partial charge in [0.15, 0.2) is 5.96 Å². The van der Waals surface area contributed by atoms with E-state index in [-0.39, 0.29) is 29.7 Å². The van der Waals surface area contributed by atoms with Crippen LogP contribution in [0.3, 0.4) is 0 Å². The van der Waals surface area contributed by atoms with Crippen molar-refractivity contribution in [3.8, 4) is 0 Å². The zero-order chi connectivity index (χ0) is 16.3. The number of ether oxygens (including phenoxy) is 1. The van der Waals surface area contributed by atoms with Crippen LogP contribution in [0.1, 0.15) is 45.4 Å². The van der Waals surface area contributed by atoms with E-state index in [4.69, 9.17) is 4.74 Å². The minimum absolute atomic E-state index is 0. The summed E-state index contributed by atoms with van der Waals surface area (Å²) in [6.07, 6.45) is 8.88. The first-order valence-electron chi connectivity index (χ1n) is 8.33. The molecule has 8 heteroatoms. The first kappa shape index (κ1) is 22.9. The van der Waals surface area contributed by atoms with E-state index >= 15 is 0 Å². The molecule has 1 aliphatic carbocycles. The Morgan fingerprint density at radius 2 is 1.91 bits per heavy atom. The normalized spacial score (nSPS) is 16.7. The van der Waals surface area contributed by atoms with Gasteiger partial charge in [-0.3, -0.25) is 4.99 Å². The number of nitrogens with zero attached hydrogens (tertiary/aromatic N) is 1. The molecule has 0 aromatic carbocycles. The first-order chi connectivity index (χ1) is 10.5. The van der Waals surface area contributed by atoms with E-state index in [0.717, 1.165) is 19.6 Å². The maximum Gasteiger partial charge on any atom is 0.191 e. The van der Waals surface area contributed by atoms with E-state index in [9.17, 15) is 8.42 Å². The molecule has 0 bridgehead atoms. The molecule has 138 valence electrons. The molecule has 6 nitrogen and oxygen atoms in total. The van der Waals surface area contributed by atoms with Crippen molar-refractivity contribution in [2.45, 2.75) is 51.6 Å². The SMILES string of the molecule is CCNC(=NCCCOC1CCCCC1)NCCS(C)(=O)=O.I. The molecule has 0 aromatic rings. The monoisotopic (exact) mass is 461 g/mol. The molecule has 0 amide bonds. The molecule has 0 spiro atoms. The highest BCUT2D eigenvalue weighted by molar-refractivity contribution is 14.0. The van der Waals surface area contributed by atoms with Crippen LogP contribution in [0.25, 0.3) is 0 Å². The van der Waals surface area contributed by atoms with Gasteiger partial charge in [-0.05, 0) is 26.2 Å². The number of hydrogen-bond donors (Lipinski definition) is 2. The fourth-order valence-corrected chi connectivity index (χ4v) is 2.91. The van der Waals surface area contributed by atoms with Crippen LogP contribution in [0.2, 0.25) is 0 Å². The van der Waals surface area contributed by atoms with Crippen LogP contribution in [-0.2, 0) is 14.6 Å². The lowest BCUT2D eigenvalue weighted by Crippen LogP contribution is -2.39. The number of nitrogens with one attached hydrogen (secondary N) is 2. The van der Waals surface area contributed by atoms with Gasteiger partial charge in [0.2, 0.25) is 0 Å². The number of guanidine groups is 1. The van der Waals surface area contributed by atoms with Crippen LogP contribution in [0.5, 0.6) is 0 Å². The van der Waals surface area contributed by atoms with Crippen molar-refractivity contribution in [1.29, 1.82) is 0 Å². The third-order valence-corrected chi connectivity index (χ3v) is 4.53. The Morgan fingerprint density at radius 1 is 1.22 bits per heavy atom. The molecule has 0 heterocycles. The van der Waals surface area contributed by atoms with Crippen molar-refractivity contribution < 1.29 is 13.2 Å². The molecule has 23 heavy (non-hydrogen) atoms. The van der Waals surface area contributed by atoms with E-state index in [1.807, 2.05) is 6.92 Å². The van der Waals surface area contributed by atoms with Gasteiger partial charge in [-0.1, -0.05) is 19.3 Å². The van der Waals surface area contributed by atoms with Gasteiger partial charge in [-0.15, -0.1) is 24.0 Å². The predicted molar refractivity (Wildman–Crippen MR) is 107 cm³/mol. The minimum Gasteiger partial charge on any atom is -0.378 e. The Balaban J connectivity index is 0.00000484. The molecule has 0 radical (unpaired) electrons. The Bertz CT molecular complexity index is 424. The van der Waals surface area contributed by atoms with Gasteiger partial charge in [0.25, 0.3) is 0 Å². The van der Waals surface area contributed by atoms with Crippen molar-refractivity contribution in [2.75, 3.05) is 38.2 Å². The molecular formula is C15H32IN3O3S. The fourth-order valence-electron chi connectivity index (χ4n) is 2.43. The molecule has 0 aliphatic heterocycles. The number of halogens is 1. The largest absolute Gasteiger partial charge is 0.378 e. The zero-order valence-corrected chi connectivity index (χ0v) is 17.5. The lowest BCUT2D eigenvalue weighted by Gasteiger charge is -2.21. The molecule has 0 saturated heterocycles. The van der Waals surface area contributed by atoms with E-state index in [2.05, 4.69) is 15.6 Å². The van der Waals surface area contributed by atoms with Crippen LogP contribution in [-0.4, -0.2) is 58.7 Å². The van der Waals surface area contributed by atoms with Crippen LogP contribution < -0.4 is 10.6 Å². The molecule has 0 aromatic heterocycles. The van der Waals surface area contributed by atoms with E-state index in [0.29, 0.717) is 25.2 Å². The van der Waals surface area contributed by atoms with E-state index < -0.39 is 9.84 Å². The second-order valence-electron chi connectivity index (χ2n) is 5.80. The van der Waals surface area contributed by atoms with E-state index in [1.54, 1.807) is 0 Å². The summed E-state index contributed by atoms with van der Waals surface area (Å²) >= 11 is 0. The van der Waals surface area contributed by atoms with Crippen molar-refractivity contribution in [2.24, 2.45) is 4.99 Å². The molecule has 0 atom stereocenters. The second kappa shape index (κ2) is 13.2. The Hall–Kier alpha value is -0.0900. The number of sulfone groups is 1. The van der Waals surface area contributed by atoms with Crippen LogP contribution in [0, 0.1) is 0 Å². The molecule has 1 saturated carbocycles. The summed E-state index contributed by atoms with van der Waals surface area (Å²) in [5, 5.41) is 6.15. The fraction of sp³-hybridized carbons (Fsp3) is 0.933. The Kier molecular flexibility index (Phi) is 13.2. The van der Waals surface area contributed by atoms with Gasteiger partial charge < -0.3 is 15.4 Å². The highest BCUT2D eigenvalue weighted by Crippen LogP contribution is 2.20. The van der Waals surface area contributed by atoms with Gasteiger partial charge >= 0.3 is 0 Å². The molecule has 1 fully saturated rings. The third kappa shape index (κ3) is 12.9. The quantitative estimate of drug-likeness (QED) is 0.238. The van der Waals surface area contributed by atoms with Gasteiger partial charge in [-0.25, -0.2) is 8.42 Å². The summed E-state index contributed by atoms with van der Waals surface area (Å²) in [5.74, 6) is 0.783. The lowest BCUT2D eigenvalue weighted by molar-refractivity contribution is 0.0281. The number of aliphatic imine (C=N–C) groups is 1. The van der Waals surface area contributed by atoms with Crippen LogP contribution in [0.15, 0.2) is 4.99 Å². The van der Waals surface area contributed by atoms with Gasteiger partial charge in [0.1, 0.15) is 9.84 Å². The van der Waals surface area contributed by atoms with Crippen molar-refractivity contribution >= 4 is 39.8 Å². The average molecular weight is 461 g/mol. The summed E-state index contributed by atoms with van der Waals surface area (Å²) in [7, 11) is -2.94. The maximum atomic E-state index is 11.1. The molecule has 1 aliphatic rings. The third-order valence-electron chi connectivity index (χ3n) is 3.59. The zero-order valence-electron chi connectivity index (χ0n) is 14.3. The maximum absolute atomic E-state index is 11.1. The smallest absolute Gasteiger partial charge is 0.191 e. The molecule has 1 rings (SSSR count). The average Bonchev–Trinajstić information content (AvgIpc) is 2.46. The highest BCUT2D eigenvalue weighted by atomic mass is 127. The lowest BCUT2D eigenvalue weighted by atomic mass is 9.98. The summed E-state index contributed by atoms with van der Waals surface area (Å²) in [4.78, 5) is 4.44. The Labute approximate surface area is 158 Å². The van der Waals surface area contributed by atoms with Crippen LogP contribution >= 0.6 is 24.0 Å². The summed E-state index contributed by atoms with van der Waals surface area (Å²) in [6.45, 7) is 4.55. The summed E-state index contributed by atoms with van der Waals surface area (Å²) < 4.78 is 28.1. The summed E-state index contributed by atoms with van der Waals surface area (Å²) in [6, 6.07) is 0. The van der Waals surface area contributed by atoms with Crippen molar-refractivity contribution in [1.82, 2.24) is 10.6 Å². The van der Waals surface area contributed by atoms with Crippen molar-refractivity contribution in [3.05, 3.63) is 0 Å². The molecule has 2 N–H and O–H groups in total. The predicted octanol–water partition coefficient (Wildman–Crippen LogP) is 1.94. The molecular weight excluding hydrogens is 429 g/mol. The second-order valence-corrected chi connectivity index (χ2v) is 8.06.